The average molecular weight is 459 g/mol. The van der Waals surface area contributed by atoms with Gasteiger partial charge in [-0.05, 0) is 36.8 Å². The van der Waals surface area contributed by atoms with Gasteiger partial charge in [-0.15, -0.1) is 0 Å². The van der Waals surface area contributed by atoms with Gasteiger partial charge in [0.05, 0.1) is 11.8 Å². The molecule has 3 aromatic rings. The van der Waals surface area contributed by atoms with Crippen LogP contribution in [0.1, 0.15) is 34.3 Å². The number of furan rings is 1. The first-order chi connectivity index (χ1) is 15.0. The highest BCUT2D eigenvalue weighted by atomic mass is 19.4. The van der Waals surface area contributed by atoms with E-state index in [2.05, 4.69) is 5.10 Å². The van der Waals surface area contributed by atoms with Crippen LogP contribution in [0.2, 0.25) is 0 Å². The number of halogens is 6. The summed E-state index contributed by atoms with van der Waals surface area (Å²) in [5.74, 6) is -0.711. The van der Waals surface area contributed by atoms with E-state index in [0.717, 1.165) is 21.7 Å². The normalized spacial score (nSPS) is 16.7. The molecule has 6 nitrogen and oxygen atoms in total. The number of carbonyl (C=O) groups is 1. The number of rotatable bonds is 4. The maximum atomic E-state index is 13.2. The number of fused-ring (bicyclic) bond motifs is 1. The molecular formula is C20H15F6N3O3. The van der Waals surface area contributed by atoms with E-state index in [1.807, 2.05) is 0 Å². The molecule has 4 rings (SSSR count). The van der Waals surface area contributed by atoms with Crippen molar-refractivity contribution in [1.82, 2.24) is 9.78 Å². The van der Waals surface area contributed by atoms with Crippen LogP contribution in [0.3, 0.4) is 0 Å². The second-order valence-corrected chi connectivity index (χ2v) is 7.02. The molecule has 170 valence electrons. The molecule has 32 heavy (non-hydrogen) atoms. The van der Waals surface area contributed by atoms with Crippen LogP contribution in [-0.4, -0.2) is 28.4 Å². The van der Waals surface area contributed by atoms with Crippen LogP contribution in [0.15, 0.2) is 53.1 Å². The van der Waals surface area contributed by atoms with Crippen LogP contribution in [-0.2, 0) is 12.8 Å². The summed E-state index contributed by atoms with van der Waals surface area (Å²) in [4.78, 5) is 13.9. The number of ether oxygens (including phenoxy) is 1. The number of anilines is 1. The Bertz CT molecular complexity index is 1120. The molecule has 0 radical (unpaired) electrons. The Balaban J connectivity index is 1.46. The van der Waals surface area contributed by atoms with Gasteiger partial charge in [-0.2, -0.15) is 31.4 Å². The van der Waals surface area contributed by atoms with E-state index in [4.69, 9.17) is 9.15 Å². The van der Waals surface area contributed by atoms with Gasteiger partial charge in [0.1, 0.15) is 23.9 Å². The Kier molecular flexibility index (Phi) is 5.39. The Labute approximate surface area is 177 Å². The van der Waals surface area contributed by atoms with Crippen molar-refractivity contribution >= 4 is 11.7 Å². The fourth-order valence-corrected chi connectivity index (χ4v) is 3.38. The summed E-state index contributed by atoms with van der Waals surface area (Å²) in [5, 5.41) is 3.70. The second kappa shape index (κ2) is 7.92. The molecule has 0 bridgehead atoms. The highest BCUT2D eigenvalue weighted by molar-refractivity contribution is 6.03. The topological polar surface area (TPSA) is 60.5 Å². The van der Waals surface area contributed by atoms with Crippen LogP contribution in [0.25, 0.3) is 0 Å². The maximum Gasteiger partial charge on any atom is 0.416 e. The first-order valence-electron chi connectivity index (χ1n) is 9.35. The highest BCUT2D eigenvalue weighted by Gasteiger charge is 2.46. The smallest absolute Gasteiger partial charge is 0.416 e. The number of carbonyl (C=O) groups excluding carboxylic acids is 1. The molecule has 2 aromatic heterocycles. The van der Waals surface area contributed by atoms with Crippen LogP contribution in [0.4, 0.5) is 32.2 Å². The first kappa shape index (κ1) is 21.8. The predicted molar refractivity (Wildman–Crippen MR) is 98.1 cm³/mol. The van der Waals surface area contributed by atoms with Crippen molar-refractivity contribution in [2.45, 2.75) is 31.4 Å². The molecule has 0 aliphatic carbocycles. The van der Waals surface area contributed by atoms with Crippen molar-refractivity contribution in [1.29, 1.82) is 0 Å². The van der Waals surface area contributed by atoms with E-state index in [9.17, 15) is 31.1 Å². The number of nitrogens with zero attached hydrogens (tertiary/aromatic N) is 3. The molecule has 1 aromatic carbocycles. The molecule has 1 aliphatic rings. The molecule has 12 heteroatoms. The molecule has 1 amide bonds. The monoisotopic (exact) mass is 459 g/mol. The minimum Gasteiger partial charge on any atom is -0.486 e. The Hall–Kier alpha value is -3.44. The lowest BCUT2D eigenvalue weighted by Crippen LogP contribution is -2.43. The molecule has 0 saturated carbocycles. The van der Waals surface area contributed by atoms with Crippen LogP contribution < -0.4 is 9.64 Å². The van der Waals surface area contributed by atoms with Crippen LogP contribution >= 0.6 is 0 Å². The van der Waals surface area contributed by atoms with Crippen molar-refractivity contribution in [3.8, 4) is 5.75 Å². The molecular weight excluding hydrogens is 444 g/mol. The van der Waals surface area contributed by atoms with Gasteiger partial charge in [0.2, 0.25) is 0 Å². The summed E-state index contributed by atoms with van der Waals surface area (Å²) in [6.07, 6.45) is -8.21. The van der Waals surface area contributed by atoms with E-state index >= 15 is 0 Å². The van der Waals surface area contributed by atoms with E-state index in [1.165, 1.54) is 36.5 Å². The molecule has 0 fully saturated rings. The second-order valence-electron chi connectivity index (χ2n) is 7.02. The quantitative estimate of drug-likeness (QED) is 0.502. The SMILES string of the molecule is O=C(c1ccc(COc2cccc(C(F)(F)F)c2)o1)N1CC[C@@H](C(F)(F)F)n2nccc21. The number of hydrogen-bond acceptors (Lipinski definition) is 4. The molecule has 0 saturated heterocycles. The lowest BCUT2D eigenvalue weighted by Gasteiger charge is -2.33. The van der Waals surface area contributed by atoms with Crippen molar-refractivity contribution in [2.75, 3.05) is 11.4 Å². The lowest BCUT2D eigenvalue weighted by molar-refractivity contribution is -0.172. The summed E-state index contributed by atoms with van der Waals surface area (Å²) in [6.45, 7) is -0.436. The molecule has 0 N–H and O–H groups in total. The minimum atomic E-state index is -4.52. The zero-order chi connectivity index (χ0) is 23.1. The third kappa shape index (κ3) is 4.30. The van der Waals surface area contributed by atoms with Gasteiger partial charge in [-0.3, -0.25) is 9.69 Å². The Morgan fingerprint density at radius 1 is 1.12 bits per heavy atom. The summed E-state index contributed by atoms with van der Waals surface area (Å²) < 4.78 is 89.5. The largest absolute Gasteiger partial charge is 0.486 e. The van der Waals surface area contributed by atoms with E-state index in [-0.39, 0.29) is 42.7 Å². The minimum absolute atomic E-state index is 0.0123. The fourth-order valence-electron chi connectivity index (χ4n) is 3.38. The van der Waals surface area contributed by atoms with Gasteiger partial charge >= 0.3 is 12.4 Å². The van der Waals surface area contributed by atoms with Gasteiger partial charge in [0.25, 0.3) is 5.91 Å². The van der Waals surface area contributed by atoms with Gasteiger partial charge in [-0.1, -0.05) is 6.07 Å². The molecule has 3 heterocycles. The van der Waals surface area contributed by atoms with E-state index in [1.54, 1.807) is 0 Å². The van der Waals surface area contributed by atoms with E-state index in [0.29, 0.717) is 0 Å². The number of benzene rings is 1. The number of aromatic nitrogens is 2. The molecule has 0 spiro atoms. The van der Waals surface area contributed by atoms with Gasteiger partial charge in [0, 0.05) is 12.6 Å². The molecule has 0 unspecified atom stereocenters. The van der Waals surface area contributed by atoms with E-state index < -0.39 is 29.9 Å². The summed E-state index contributed by atoms with van der Waals surface area (Å²) in [6, 6.07) is 6.48. The number of alkyl halides is 6. The predicted octanol–water partition coefficient (Wildman–Crippen LogP) is 5.23. The lowest BCUT2D eigenvalue weighted by atomic mass is 10.1. The van der Waals surface area contributed by atoms with Gasteiger partial charge in [0.15, 0.2) is 11.8 Å². The van der Waals surface area contributed by atoms with Crippen molar-refractivity contribution in [2.24, 2.45) is 0 Å². The number of hydrogen-bond donors (Lipinski definition) is 0. The maximum absolute atomic E-state index is 13.2. The zero-order valence-electron chi connectivity index (χ0n) is 16.2. The molecule has 1 aliphatic heterocycles. The standard InChI is InChI=1S/C20H15F6N3O3/c21-19(22,23)12-2-1-3-13(10-12)31-11-14-4-5-15(32-14)18(30)28-9-7-16(20(24,25)26)29-17(28)6-8-27-29/h1-6,8,10,16H,7,9,11H2/t16-/m0/s1. The summed E-state index contributed by atoms with van der Waals surface area (Å²) in [5.41, 5.74) is -0.871. The van der Waals surface area contributed by atoms with Crippen LogP contribution in [0, 0.1) is 0 Å². The third-order valence-corrected chi connectivity index (χ3v) is 4.89. The Morgan fingerprint density at radius 3 is 2.62 bits per heavy atom. The van der Waals surface area contributed by atoms with Crippen molar-refractivity contribution < 1.29 is 40.3 Å². The molecule has 1 atom stereocenters. The van der Waals surface area contributed by atoms with Crippen molar-refractivity contribution in [3.63, 3.8) is 0 Å². The summed E-state index contributed by atoms with van der Waals surface area (Å²) in [7, 11) is 0. The Morgan fingerprint density at radius 2 is 1.91 bits per heavy atom. The number of amides is 1. The average Bonchev–Trinajstić information content (AvgIpc) is 3.39. The fraction of sp³-hybridized carbons (Fsp3) is 0.300. The first-order valence-corrected chi connectivity index (χ1v) is 9.35. The van der Waals surface area contributed by atoms with Crippen molar-refractivity contribution in [3.05, 3.63) is 65.7 Å². The van der Waals surface area contributed by atoms with Gasteiger partial charge in [-0.25, -0.2) is 4.68 Å². The third-order valence-electron chi connectivity index (χ3n) is 4.89. The highest BCUT2D eigenvalue weighted by Crippen LogP contribution is 2.39. The zero-order valence-corrected chi connectivity index (χ0v) is 16.2. The van der Waals surface area contributed by atoms with Crippen LogP contribution in [0.5, 0.6) is 5.75 Å². The van der Waals surface area contributed by atoms with Gasteiger partial charge < -0.3 is 9.15 Å². The summed E-state index contributed by atoms with van der Waals surface area (Å²) >= 11 is 0.